The van der Waals surface area contributed by atoms with E-state index in [9.17, 15) is 0 Å². The van der Waals surface area contributed by atoms with Crippen LogP contribution in [-0.2, 0) is 0 Å². The van der Waals surface area contributed by atoms with Crippen LogP contribution in [0.4, 0.5) is 0 Å². The van der Waals surface area contributed by atoms with Gasteiger partial charge in [0, 0.05) is 95.8 Å². The van der Waals surface area contributed by atoms with E-state index in [0.29, 0.717) is 0 Å². The molecule has 12 heavy (non-hydrogen) atoms. The van der Waals surface area contributed by atoms with Gasteiger partial charge in [-0.2, -0.15) is 0 Å². The standard InChI is InChI=1S/C6H12N2.2Br2/c1-2-8-5-3-7(1)4-6-8;2*1-2/h1-6H2;;. The Morgan fingerprint density at radius 2 is 0.667 bits per heavy atom. The molecule has 0 amide bonds. The maximum absolute atomic E-state index is 2.75. The molecule has 3 aliphatic heterocycles. The molecular formula is C6H12Br4N2. The average molecular weight is 432 g/mol. The first-order valence-corrected chi connectivity index (χ1v) is 11.1. The topological polar surface area (TPSA) is 6.48 Å². The van der Waals surface area contributed by atoms with Crippen molar-refractivity contribution in [2.75, 3.05) is 39.3 Å². The molecule has 0 aliphatic carbocycles. The molecule has 3 aliphatic rings. The van der Waals surface area contributed by atoms with E-state index in [1.165, 1.54) is 39.3 Å². The minimum Gasteiger partial charge on any atom is -0.300 e. The van der Waals surface area contributed by atoms with Crippen LogP contribution in [0.3, 0.4) is 0 Å². The van der Waals surface area contributed by atoms with Gasteiger partial charge in [-0.3, -0.25) is 9.80 Å². The van der Waals surface area contributed by atoms with E-state index in [1.54, 1.807) is 0 Å². The lowest BCUT2D eigenvalue weighted by Gasteiger charge is -2.41. The lowest BCUT2D eigenvalue weighted by atomic mass is 10.2. The van der Waals surface area contributed by atoms with Crippen molar-refractivity contribution in [3.63, 3.8) is 0 Å². The maximum atomic E-state index is 2.75. The van der Waals surface area contributed by atoms with Gasteiger partial charge in [-0.25, -0.2) is 0 Å². The van der Waals surface area contributed by atoms with Gasteiger partial charge < -0.3 is 0 Å². The third kappa shape index (κ3) is 4.91. The number of hydrogen-bond acceptors (Lipinski definition) is 2. The molecule has 0 spiro atoms. The summed E-state index contributed by atoms with van der Waals surface area (Å²) in [4.78, 5) is 5.08. The first-order chi connectivity index (χ1) is 5.95. The van der Waals surface area contributed by atoms with Gasteiger partial charge in [0.2, 0.25) is 0 Å². The van der Waals surface area contributed by atoms with E-state index >= 15 is 0 Å². The Kier molecular flexibility index (Phi) is 10.8. The molecule has 3 rings (SSSR count). The van der Waals surface area contributed by atoms with Gasteiger partial charge in [0.1, 0.15) is 0 Å². The molecule has 3 heterocycles. The van der Waals surface area contributed by atoms with Gasteiger partial charge in [0.25, 0.3) is 0 Å². The van der Waals surface area contributed by atoms with E-state index in [0.717, 1.165) is 0 Å². The predicted octanol–water partition coefficient (Wildman–Crippen LogP) is 3.00. The summed E-state index contributed by atoms with van der Waals surface area (Å²) in [5.41, 5.74) is 0. The lowest BCUT2D eigenvalue weighted by molar-refractivity contribution is 0.0647. The average Bonchev–Trinajstić information content (AvgIpc) is 2.27. The number of hydrogen-bond donors (Lipinski definition) is 0. The number of rotatable bonds is 0. The molecule has 6 heteroatoms. The summed E-state index contributed by atoms with van der Waals surface area (Å²) in [6, 6.07) is 0. The normalized spacial score (nSPS) is 31.0. The highest BCUT2D eigenvalue weighted by Gasteiger charge is 2.21. The molecule has 3 saturated heterocycles. The molecule has 3 fully saturated rings. The second-order valence-corrected chi connectivity index (χ2v) is 2.68. The molecule has 0 atom stereocenters. The fourth-order valence-electron chi connectivity index (χ4n) is 1.52. The van der Waals surface area contributed by atoms with E-state index in [2.05, 4.69) is 66.3 Å². The number of nitrogens with zero attached hydrogens (tertiary/aromatic N) is 2. The van der Waals surface area contributed by atoms with Gasteiger partial charge >= 0.3 is 0 Å². The van der Waals surface area contributed by atoms with Crippen molar-refractivity contribution in [1.82, 2.24) is 9.80 Å². The van der Waals surface area contributed by atoms with Crippen molar-refractivity contribution in [1.29, 1.82) is 0 Å². The van der Waals surface area contributed by atoms with Gasteiger partial charge in [0.05, 0.1) is 0 Å². The van der Waals surface area contributed by atoms with Crippen molar-refractivity contribution in [3.8, 4) is 0 Å². The minimum absolute atomic E-state index is 1.32. The molecule has 0 saturated carbocycles. The number of piperazine rings is 3. The molecule has 2 bridgehead atoms. The first-order valence-electron chi connectivity index (χ1n) is 3.68. The van der Waals surface area contributed by atoms with Crippen molar-refractivity contribution in [2.45, 2.75) is 0 Å². The van der Waals surface area contributed by atoms with Crippen LogP contribution in [-0.4, -0.2) is 49.1 Å². The smallest absolute Gasteiger partial charge is 0.0110 e. The van der Waals surface area contributed by atoms with Crippen LogP contribution in [0.1, 0.15) is 0 Å². The molecule has 0 aromatic carbocycles. The Hall–Kier alpha value is 1.84. The highest BCUT2D eigenvalue weighted by Crippen LogP contribution is 2.06. The maximum Gasteiger partial charge on any atom is 0.0110 e. The zero-order valence-electron chi connectivity index (χ0n) is 6.65. The van der Waals surface area contributed by atoms with Gasteiger partial charge in [-0.05, 0) is 0 Å². The Balaban J connectivity index is 0.000000269. The first kappa shape index (κ1) is 13.8. The highest BCUT2D eigenvalue weighted by atomic mass is 80.9. The predicted molar refractivity (Wildman–Crippen MR) is 68.6 cm³/mol. The largest absolute Gasteiger partial charge is 0.300 e. The van der Waals surface area contributed by atoms with Crippen LogP contribution in [0, 0.1) is 0 Å². The van der Waals surface area contributed by atoms with Crippen molar-refractivity contribution in [3.05, 3.63) is 0 Å². The third-order valence-electron chi connectivity index (χ3n) is 2.20. The lowest BCUT2D eigenvalue weighted by Crippen LogP contribution is -2.55. The number of halogens is 4. The van der Waals surface area contributed by atoms with Crippen molar-refractivity contribution < 1.29 is 0 Å². The summed E-state index contributed by atoms with van der Waals surface area (Å²) in [5, 5.41) is 0. The van der Waals surface area contributed by atoms with Crippen molar-refractivity contribution in [2.24, 2.45) is 0 Å². The second-order valence-electron chi connectivity index (χ2n) is 2.68. The molecule has 0 N–H and O–H groups in total. The summed E-state index contributed by atoms with van der Waals surface area (Å²) in [7, 11) is 0. The molecule has 0 aromatic heterocycles. The molecular weight excluding hydrogens is 420 g/mol. The zero-order valence-corrected chi connectivity index (χ0v) is 13.0. The SMILES string of the molecule is BrBr.BrBr.C1CN2CCN1CC2. The minimum atomic E-state index is 1.32. The van der Waals surface area contributed by atoms with Gasteiger partial charge in [-0.15, -0.1) is 0 Å². The third-order valence-corrected chi connectivity index (χ3v) is 2.20. The van der Waals surface area contributed by atoms with Crippen molar-refractivity contribution >= 4 is 56.5 Å². The Bertz CT molecular complexity index is 72.5. The van der Waals surface area contributed by atoms with E-state index < -0.39 is 0 Å². The molecule has 2 nitrogen and oxygen atoms in total. The van der Waals surface area contributed by atoms with Crippen LogP contribution < -0.4 is 0 Å². The molecule has 0 aromatic rings. The fourth-order valence-corrected chi connectivity index (χ4v) is 1.52. The Morgan fingerprint density at radius 3 is 0.750 bits per heavy atom. The molecule has 74 valence electrons. The molecule has 0 unspecified atom stereocenters. The van der Waals surface area contributed by atoms with Crippen LogP contribution >= 0.6 is 56.5 Å². The van der Waals surface area contributed by atoms with E-state index in [-0.39, 0.29) is 0 Å². The van der Waals surface area contributed by atoms with Crippen LogP contribution in [0.15, 0.2) is 0 Å². The second kappa shape index (κ2) is 9.40. The van der Waals surface area contributed by atoms with Crippen LogP contribution in [0.2, 0.25) is 0 Å². The monoisotopic (exact) mass is 428 g/mol. The quantitative estimate of drug-likeness (QED) is 0.582. The van der Waals surface area contributed by atoms with Gasteiger partial charge in [-0.1, -0.05) is 0 Å². The summed E-state index contributed by atoms with van der Waals surface area (Å²) in [6.07, 6.45) is 0. The zero-order chi connectivity index (χ0) is 9.40. The Labute approximate surface area is 105 Å². The summed E-state index contributed by atoms with van der Waals surface area (Å²) in [6.45, 7) is 7.92. The Morgan fingerprint density at radius 1 is 0.500 bits per heavy atom. The highest BCUT2D eigenvalue weighted by molar-refractivity contribution is 9.93. The van der Waals surface area contributed by atoms with Crippen LogP contribution in [0.25, 0.3) is 0 Å². The van der Waals surface area contributed by atoms with E-state index in [1.807, 2.05) is 0 Å². The summed E-state index contributed by atoms with van der Waals surface area (Å²) >= 11 is 11.0. The van der Waals surface area contributed by atoms with Gasteiger partial charge in [0.15, 0.2) is 0 Å². The fraction of sp³-hybridized carbons (Fsp3) is 1.00. The summed E-state index contributed by atoms with van der Waals surface area (Å²) < 4.78 is 0. The van der Waals surface area contributed by atoms with Crippen LogP contribution in [0.5, 0.6) is 0 Å². The summed E-state index contributed by atoms with van der Waals surface area (Å²) in [5.74, 6) is 0. The molecule has 0 radical (unpaired) electrons. The number of fused-ring (bicyclic) bond motifs is 3. The van der Waals surface area contributed by atoms with E-state index in [4.69, 9.17) is 0 Å².